The van der Waals surface area contributed by atoms with Crippen molar-refractivity contribution in [2.45, 2.75) is 17.0 Å². The summed E-state index contributed by atoms with van der Waals surface area (Å²) in [4.78, 5) is 11.9. The molecule has 2 aromatic rings. The first-order valence-corrected chi connectivity index (χ1v) is 5.86. The second kappa shape index (κ2) is 5.01. The summed E-state index contributed by atoms with van der Waals surface area (Å²) in [7, 11) is 1.90. The molecule has 1 aromatic carbocycles. The van der Waals surface area contributed by atoms with Gasteiger partial charge in [0, 0.05) is 24.6 Å². The summed E-state index contributed by atoms with van der Waals surface area (Å²) in [6, 6.07) is 7.59. The van der Waals surface area contributed by atoms with Crippen LogP contribution in [0.3, 0.4) is 0 Å². The number of aryl methyl sites for hydroxylation is 1. The first-order valence-electron chi connectivity index (χ1n) is 5.04. The average molecular weight is 248 g/mol. The number of nitrogens with zero attached hydrogens (tertiary/aromatic N) is 3. The SMILES string of the molecule is CC(=O)Nc1ccc(Sc2nncn2C)cc1. The third-order valence-corrected chi connectivity index (χ3v) is 3.11. The molecule has 0 radical (unpaired) electrons. The standard InChI is InChI=1S/C11H12N4OS/c1-8(16)13-9-3-5-10(6-4-9)17-11-14-12-7-15(11)2/h3-7H,1-2H3,(H,13,16). The van der Waals surface area contributed by atoms with E-state index in [1.807, 2.05) is 35.9 Å². The molecule has 0 saturated heterocycles. The Morgan fingerprint density at radius 2 is 2.06 bits per heavy atom. The molecule has 0 bridgehead atoms. The minimum absolute atomic E-state index is 0.0706. The summed E-state index contributed by atoms with van der Waals surface area (Å²) in [5, 5.41) is 11.3. The maximum absolute atomic E-state index is 10.9. The molecular formula is C11H12N4OS. The van der Waals surface area contributed by atoms with Gasteiger partial charge in [-0.3, -0.25) is 4.79 Å². The Hall–Kier alpha value is -1.82. The molecule has 1 heterocycles. The molecule has 0 saturated carbocycles. The van der Waals surface area contributed by atoms with Crippen LogP contribution < -0.4 is 5.32 Å². The van der Waals surface area contributed by atoms with Crippen molar-refractivity contribution in [2.24, 2.45) is 7.05 Å². The topological polar surface area (TPSA) is 59.8 Å². The Morgan fingerprint density at radius 1 is 1.35 bits per heavy atom. The fraction of sp³-hybridized carbons (Fsp3) is 0.182. The van der Waals surface area contributed by atoms with E-state index in [9.17, 15) is 4.79 Å². The van der Waals surface area contributed by atoms with Gasteiger partial charge in [-0.05, 0) is 36.0 Å². The van der Waals surface area contributed by atoms with E-state index < -0.39 is 0 Å². The van der Waals surface area contributed by atoms with Gasteiger partial charge in [0.25, 0.3) is 0 Å². The Bertz CT molecular complexity index is 521. The zero-order valence-electron chi connectivity index (χ0n) is 9.54. The second-order valence-electron chi connectivity index (χ2n) is 3.53. The van der Waals surface area contributed by atoms with Crippen LogP contribution in [0.5, 0.6) is 0 Å². The number of benzene rings is 1. The van der Waals surface area contributed by atoms with E-state index in [-0.39, 0.29) is 5.91 Å². The molecule has 0 spiro atoms. The van der Waals surface area contributed by atoms with Crippen molar-refractivity contribution in [3.8, 4) is 0 Å². The van der Waals surface area contributed by atoms with E-state index >= 15 is 0 Å². The van der Waals surface area contributed by atoms with Gasteiger partial charge in [-0.1, -0.05) is 0 Å². The van der Waals surface area contributed by atoms with Crippen molar-refractivity contribution in [3.05, 3.63) is 30.6 Å². The number of carbonyl (C=O) groups is 1. The van der Waals surface area contributed by atoms with E-state index in [4.69, 9.17) is 0 Å². The maximum atomic E-state index is 10.9. The van der Waals surface area contributed by atoms with E-state index in [1.165, 1.54) is 18.7 Å². The highest BCUT2D eigenvalue weighted by atomic mass is 32.2. The Kier molecular flexibility index (Phi) is 3.43. The van der Waals surface area contributed by atoms with Gasteiger partial charge in [0.05, 0.1) is 0 Å². The molecule has 17 heavy (non-hydrogen) atoms. The van der Waals surface area contributed by atoms with Gasteiger partial charge in [-0.15, -0.1) is 10.2 Å². The normalized spacial score (nSPS) is 10.2. The number of nitrogens with one attached hydrogen (secondary N) is 1. The zero-order valence-corrected chi connectivity index (χ0v) is 10.4. The third-order valence-electron chi connectivity index (χ3n) is 2.05. The van der Waals surface area contributed by atoms with Gasteiger partial charge in [0.2, 0.25) is 5.91 Å². The zero-order chi connectivity index (χ0) is 12.3. The molecule has 6 heteroatoms. The van der Waals surface area contributed by atoms with Crippen LogP contribution in [0.4, 0.5) is 5.69 Å². The van der Waals surface area contributed by atoms with Crippen LogP contribution in [0.2, 0.25) is 0 Å². The summed E-state index contributed by atoms with van der Waals surface area (Å²) in [5.41, 5.74) is 0.791. The molecule has 0 fully saturated rings. The number of carbonyl (C=O) groups excluding carboxylic acids is 1. The summed E-state index contributed by atoms with van der Waals surface area (Å²) in [6.07, 6.45) is 1.66. The predicted molar refractivity (Wildman–Crippen MR) is 65.9 cm³/mol. The summed E-state index contributed by atoms with van der Waals surface area (Å²) < 4.78 is 1.85. The highest BCUT2D eigenvalue weighted by molar-refractivity contribution is 7.99. The first-order chi connectivity index (χ1) is 8.15. The molecule has 1 N–H and O–H groups in total. The highest BCUT2D eigenvalue weighted by Gasteiger charge is 2.03. The van der Waals surface area contributed by atoms with Crippen LogP contribution in [0.25, 0.3) is 0 Å². The van der Waals surface area contributed by atoms with Crippen molar-refractivity contribution in [1.82, 2.24) is 14.8 Å². The fourth-order valence-electron chi connectivity index (χ4n) is 1.28. The Morgan fingerprint density at radius 3 is 2.59 bits per heavy atom. The average Bonchev–Trinajstić information content (AvgIpc) is 2.67. The number of hydrogen-bond donors (Lipinski definition) is 1. The highest BCUT2D eigenvalue weighted by Crippen LogP contribution is 2.26. The quantitative estimate of drug-likeness (QED) is 0.901. The van der Waals surface area contributed by atoms with Crippen molar-refractivity contribution < 1.29 is 4.79 Å². The summed E-state index contributed by atoms with van der Waals surface area (Å²) in [6.45, 7) is 1.49. The number of amides is 1. The molecule has 2 rings (SSSR count). The molecule has 0 aliphatic rings. The van der Waals surface area contributed by atoms with E-state index in [0.717, 1.165) is 15.7 Å². The molecule has 0 aliphatic heterocycles. The monoisotopic (exact) mass is 248 g/mol. The fourth-order valence-corrected chi connectivity index (χ4v) is 2.04. The maximum Gasteiger partial charge on any atom is 0.221 e. The first kappa shape index (κ1) is 11.7. The molecule has 0 aliphatic carbocycles. The molecule has 1 aromatic heterocycles. The van der Waals surface area contributed by atoms with E-state index in [0.29, 0.717) is 0 Å². The van der Waals surface area contributed by atoms with Crippen LogP contribution >= 0.6 is 11.8 Å². The Balaban J connectivity index is 2.08. The summed E-state index contributed by atoms with van der Waals surface area (Å²) >= 11 is 1.53. The number of rotatable bonds is 3. The molecule has 88 valence electrons. The van der Waals surface area contributed by atoms with Gasteiger partial charge in [-0.2, -0.15) is 0 Å². The lowest BCUT2D eigenvalue weighted by atomic mass is 10.3. The molecule has 0 unspecified atom stereocenters. The van der Waals surface area contributed by atoms with Crippen LogP contribution in [-0.4, -0.2) is 20.7 Å². The lowest BCUT2D eigenvalue weighted by molar-refractivity contribution is -0.114. The van der Waals surface area contributed by atoms with Crippen LogP contribution in [0.1, 0.15) is 6.92 Å². The van der Waals surface area contributed by atoms with E-state index in [2.05, 4.69) is 15.5 Å². The number of anilines is 1. The van der Waals surface area contributed by atoms with Crippen molar-refractivity contribution in [3.63, 3.8) is 0 Å². The van der Waals surface area contributed by atoms with Crippen LogP contribution in [0, 0.1) is 0 Å². The second-order valence-corrected chi connectivity index (χ2v) is 4.57. The summed E-state index contributed by atoms with van der Waals surface area (Å²) in [5.74, 6) is -0.0706. The number of hydrogen-bond acceptors (Lipinski definition) is 4. The van der Waals surface area contributed by atoms with Gasteiger partial charge in [-0.25, -0.2) is 0 Å². The smallest absolute Gasteiger partial charge is 0.221 e. The lowest BCUT2D eigenvalue weighted by Crippen LogP contribution is -2.05. The Labute approximate surface area is 103 Å². The van der Waals surface area contributed by atoms with Crippen molar-refractivity contribution in [2.75, 3.05) is 5.32 Å². The van der Waals surface area contributed by atoms with Crippen molar-refractivity contribution in [1.29, 1.82) is 0 Å². The van der Waals surface area contributed by atoms with Gasteiger partial charge in [0.15, 0.2) is 5.16 Å². The number of aromatic nitrogens is 3. The minimum Gasteiger partial charge on any atom is -0.326 e. The molecular weight excluding hydrogens is 236 g/mol. The van der Waals surface area contributed by atoms with Crippen LogP contribution in [0.15, 0.2) is 40.6 Å². The van der Waals surface area contributed by atoms with E-state index in [1.54, 1.807) is 6.33 Å². The van der Waals surface area contributed by atoms with Crippen molar-refractivity contribution >= 4 is 23.4 Å². The van der Waals surface area contributed by atoms with Gasteiger partial charge >= 0.3 is 0 Å². The minimum atomic E-state index is -0.0706. The molecule has 1 amide bonds. The molecule has 5 nitrogen and oxygen atoms in total. The van der Waals surface area contributed by atoms with Gasteiger partial charge in [0.1, 0.15) is 6.33 Å². The van der Waals surface area contributed by atoms with Gasteiger partial charge < -0.3 is 9.88 Å². The largest absolute Gasteiger partial charge is 0.326 e. The third kappa shape index (κ3) is 3.07. The lowest BCUT2D eigenvalue weighted by Gasteiger charge is -2.03. The van der Waals surface area contributed by atoms with Crippen LogP contribution in [-0.2, 0) is 11.8 Å². The predicted octanol–water partition coefficient (Wildman–Crippen LogP) is 1.92. The molecule has 0 atom stereocenters.